The highest BCUT2D eigenvalue weighted by Gasteiger charge is 2.27. The molecular formula is C20H19N3O4. The van der Waals surface area contributed by atoms with Crippen molar-refractivity contribution >= 4 is 23.2 Å². The Kier molecular flexibility index (Phi) is 4.27. The van der Waals surface area contributed by atoms with E-state index in [1.54, 1.807) is 24.0 Å². The fourth-order valence-electron chi connectivity index (χ4n) is 3.32. The predicted molar refractivity (Wildman–Crippen MR) is 98.8 cm³/mol. The van der Waals surface area contributed by atoms with Crippen LogP contribution in [0.3, 0.4) is 0 Å². The molecule has 4 rings (SSSR count). The number of aryl methyl sites for hydroxylation is 2. The molecule has 0 unspecified atom stereocenters. The van der Waals surface area contributed by atoms with Gasteiger partial charge in [-0.3, -0.25) is 9.59 Å². The van der Waals surface area contributed by atoms with Crippen LogP contribution in [0.25, 0.3) is 0 Å². The largest absolute Gasteiger partial charge is 0.459 e. The summed E-state index contributed by atoms with van der Waals surface area (Å²) in [5, 5.41) is 6.76. The first kappa shape index (κ1) is 17.1. The maximum absolute atomic E-state index is 12.6. The van der Waals surface area contributed by atoms with Gasteiger partial charge in [0.25, 0.3) is 5.91 Å². The van der Waals surface area contributed by atoms with Crippen LogP contribution < -0.4 is 10.2 Å². The van der Waals surface area contributed by atoms with E-state index in [1.165, 1.54) is 6.26 Å². The minimum absolute atomic E-state index is 0.161. The molecule has 1 aliphatic heterocycles. The molecule has 0 spiro atoms. The first-order valence-corrected chi connectivity index (χ1v) is 8.73. The summed E-state index contributed by atoms with van der Waals surface area (Å²) >= 11 is 0. The summed E-state index contributed by atoms with van der Waals surface area (Å²) in [6.45, 7) is 4.19. The van der Waals surface area contributed by atoms with Crippen LogP contribution in [0.2, 0.25) is 0 Å². The molecule has 1 aliphatic rings. The molecule has 0 atom stereocenters. The normalized spacial score (nSPS) is 12.9. The van der Waals surface area contributed by atoms with Crippen LogP contribution in [0, 0.1) is 13.8 Å². The Morgan fingerprint density at radius 2 is 2.11 bits per heavy atom. The second kappa shape index (κ2) is 6.75. The van der Waals surface area contributed by atoms with Crippen LogP contribution in [0.5, 0.6) is 0 Å². The summed E-state index contributed by atoms with van der Waals surface area (Å²) in [5.74, 6) is 0.603. The molecule has 0 radical (unpaired) electrons. The number of amides is 2. The second-order valence-electron chi connectivity index (χ2n) is 6.56. The van der Waals surface area contributed by atoms with Crippen molar-refractivity contribution in [2.24, 2.45) is 0 Å². The molecule has 7 heteroatoms. The average Bonchev–Trinajstić information content (AvgIpc) is 3.38. The Bertz CT molecular complexity index is 985. The van der Waals surface area contributed by atoms with Crippen LogP contribution in [-0.2, 0) is 17.6 Å². The number of benzene rings is 1. The number of carbonyl (C=O) groups excluding carboxylic acids is 2. The van der Waals surface area contributed by atoms with Crippen molar-refractivity contribution in [2.45, 2.75) is 26.7 Å². The number of aromatic nitrogens is 1. The second-order valence-corrected chi connectivity index (χ2v) is 6.56. The van der Waals surface area contributed by atoms with Gasteiger partial charge in [0, 0.05) is 23.5 Å². The van der Waals surface area contributed by atoms with Crippen LogP contribution in [0.15, 0.2) is 45.5 Å². The van der Waals surface area contributed by atoms with E-state index in [2.05, 4.69) is 10.5 Å². The zero-order valence-electron chi connectivity index (χ0n) is 15.1. The Morgan fingerprint density at radius 3 is 2.81 bits per heavy atom. The SMILES string of the molecule is Cc1noc(C)c1CC(=O)Nc1ccc2c(c1)N(C(=O)c1ccco1)CC2. The number of hydrogen-bond donors (Lipinski definition) is 1. The van der Waals surface area contributed by atoms with E-state index in [0.717, 1.165) is 23.2 Å². The molecule has 0 bridgehead atoms. The maximum Gasteiger partial charge on any atom is 0.293 e. The lowest BCUT2D eigenvalue weighted by molar-refractivity contribution is -0.115. The highest BCUT2D eigenvalue weighted by atomic mass is 16.5. The molecule has 0 fully saturated rings. The Hall–Kier alpha value is -3.35. The summed E-state index contributed by atoms with van der Waals surface area (Å²) in [6, 6.07) is 8.96. The molecule has 27 heavy (non-hydrogen) atoms. The molecule has 2 amide bonds. The first-order chi connectivity index (χ1) is 13.0. The van der Waals surface area contributed by atoms with Gasteiger partial charge < -0.3 is 19.2 Å². The Balaban J connectivity index is 1.52. The van der Waals surface area contributed by atoms with Crippen LogP contribution in [0.4, 0.5) is 11.4 Å². The third-order valence-electron chi connectivity index (χ3n) is 4.76. The lowest BCUT2D eigenvalue weighted by Crippen LogP contribution is -2.28. The van der Waals surface area contributed by atoms with Crippen molar-refractivity contribution < 1.29 is 18.5 Å². The van der Waals surface area contributed by atoms with Crippen molar-refractivity contribution in [3.8, 4) is 0 Å². The minimum atomic E-state index is -0.182. The topological polar surface area (TPSA) is 88.6 Å². The van der Waals surface area contributed by atoms with E-state index < -0.39 is 0 Å². The van der Waals surface area contributed by atoms with Gasteiger partial charge in [-0.05, 0) is 50.1 Å². The average molecular weight is 365 g/mol. The lowest BCUT2D eigenvalue weighted by Gasteiger charge is -2.17. The number of carbonyl (C=O) groups is 2. The lowest BCUT2D eigenvalue weighted by atomic mass is 10.1. The van der Waals surface area contributed by atoms with E-state index in [4.69, 9.17) is 8.94 Å². The Labute approximate surface area is 155 Å². The van der Waals surface area contributed by atoms with Gasteiger partial charge in [-0.25, -0.2) is 0 Å². The van der Waals surface area contributed by atoms with E-state index >= 15 is 0 Å². The van der Waals surface area contributed by atoms with Crippen molar-refractivity contribution in [1.82, 2.24) is 5.16 Å². The van der Waals surface area contributed by atoms with Gasteiger partial charge in [0.2, 0.25) is 5.91 Å². The van der Waals surface area contributed by atoms with Gasteiger partial charge in [-0.15, -0.1) is 0 Å². The molecule has 3 aromatic rings. The van der Waals surface area contributed by atoms with Crippen molar-refractivity contribution in [1.29, 1.82) is 0 Å². The highest BCUT2D eigenvalue weighted by molar-refractivity contribution is 6.06. The standard InChI is InChI=1S/C20H19N3O4/c1-12-16(13(2)27-22-12)11-19(24)21-15-6-5-14-7-8-23(17(14)10-15)20(25)18-4-3-9-26-18/h3-6,9-10H,7-8,11H2,1-2H3,(H,21,24). The molecule has 0 saturated heterocycles. The molecule has 1 N–H and O–H groups in total. The maximum atomic E-state index is 12.6. The number of anilines is 2. The molecule has 0 aliphatic carbocycles. The minimum Gasteiger partial charge on any atom is -0.459 e. The van der Waals surface area contributed by atoms with E-state index in [0.29, 0.717) is 29.4 Å². The molecule has 138 valence electrons. The highest BCUT2D eigenvalue weighted by Crippen LogP contribution is 2.32. The molecule has 7 nitrogen and oxygen atoms in total. The zero-order chi connectivity index (χ0) is 19.0. The van der Waals surface area contributed by atoms with E-state index in [9.17, 15) is 9.59 Å². The van der Waals surface area contributed by atoms with Gasteiger partial charge in [-0.2, -0.15) is 0 Å². The third-order valence-corrected chi connectivity index (χ3v) is 4.76. The Morgan fingerprint density at radius 1 is 1.26 bits per heavy atom. The van der Waals surface area contributed by atoms with Gasteiger partial charge in [0.15, 0.2) is 5.76 Å². The van der Waals surface area contributed by atoms with Gasteiger partial charge >= 0.3 is 0 Å². The van der Waals surface area contributed by atoms with Crippen LogP contribution in [-0.4, -0.2) is 23.5 Å². The first-order valence-electron chi connectivity index (χ1n) is 8.73. The summed E-state index contributed by atoms with van der Waals surface area (Å²) in [4.78, 5) is 26.7. The molecule has 0 saturated carbocycles. The molecule has 2 aromatic heterocycles. The number of fused-ring (bicyclic) bond motifs is 1. The quantitative estimate of drug-likeness (QED) is 0.766. The smallest absolute Gasteiger partial charge is 0.293 e. The van der Waals surface area contributed by atoms with Crippen molar-refractivity contribution in [3.63, 3.8) is 0 Å². The molecule has 1 aromatic carbocycles. The number of rotatable bonds is 4. The molecule has 3 heterocycles. The fraction of sp³-hybridized carbons (Fsp3) is 0.250. The zero-order valence-corrected chi connectivity index (χ0v) is 15.1. The summed E-state index contributed by atoms with van der Waals surface area (Å²) in [5.41, 5.74) is 4.02. The number of furan rings is 1. The van der Waals surface area contributed by atoms with Crippen molar-refractivity contribution in [2.75, 3.05) is 16.8 Å². The number of hydrogen-bond acceptors (Lipinski definition) is 5. The number of nitrogens with zero attached hydrogens (tertiary/aromatic N) is 2. The monoisotopic (exact) mass is 365 g/mol. The fourth-order valence-corrected chi connectivity index (χ4v) is 3.32. The van der Waals surface area contributed by atoms with E-state index in [1.807, 2.05) is 25.1 Å². The van der Waals surface area contributed by atoms with Gasteiger partial charge in [0.1, 0.15) is 5.76 Å². The number of nitrogens with one attached hydrogen (secondary N) is 1. The summed E-state index contributed by atoms with van der Waals surface area (Å²) in [7, 11) is 0. The van der Waals surface area contributed by atoms with Crippen LogP contribution in [0.1, 0.15) is 33.1 Å². The van der Waals surface area contributed by atoms with Gasteiger partial charge in [-0.1, -0.05) is 11.2 Å². The predicted octanol–water partition coefficient (Wildman–Crippen LogP) is 3.27. The van der Waals surface area contributed by atoms with Gasteiger partial charge in [0.05, 0.1) is 18.4 Å². The van der Waals surface area contributed by atoms with E-state index in [-0.39, 0.29) is 18.2 Å². The summed E-state index contributed by atoms with van der Waals surface area (Å²) in [6.07, 6.45) is 2.44. The third kappa shape index (κ3) is 3.23. The molecular weight excluding hydrogens is 346 g/mol. The van der Waals surface area contributed by atoms with Crippen LogP contribution >= 0.6 is 0 Å². The van der Waals surface area contributed by atoms with Crippen molar-refractivity contribution in [3.05, 3.63) is 64.9 Å². The summed E-state index contributed by atoms with van der Waals surface area (Å²) < 4.78 is 10.3.